The second-order valence-electron chi connectivity index (χ2n) is 22.9. The first-order chi connectivity index (χ1) is 26.7. The molecule has 6 saturated carbocycles. The van der Waals surface area contributed by atoms with Crippen molar-refractivity contribution in [1.29, 1.82) is 0 Å². The van der Waals surface area contributed by atoms with Crippen LogP contribution in [0.2, 0.25) is 0 Å². The lowest BCUT2D eigenvalue weighted by Crippen LogP contribution is -2.79. The van der Waals surface area contributed by atoms with Crippen LogP contribution in [0.3, 0.4) is 0 Å². The third-order valence-electron chi connectivity index (χ3n) is 20.1. The van der Waals surface area contributed by atoms with Crippen molar-refractivity contribution in [3.63, 3.8) is 0 Å². The molecular formula is C50H89N5. The van der Waals surface area contributed by atoms with Crippen molar-refractivity contribution < 1.29 is 0 Å². The summed E-state index contributed by atoms with van der Waals surface area (Å²) in [6.45, 7) is 11.9. The second-order valence-corrected chi connectivity index (χ2v) is 22.9. The first-order valence-corrected chi connectivity index (χ1v) is 25.5. The van der Waals surface area contributed by atoms with Crippen LogP contribution in [-0.2, 0) is 0 Å². The van der Waals surface area contributed by atoms with Crippen molar-refractivity contribution in [2.45, 2.75) is 243 Å². The largest absolute Gasteiger partial charge is 0.300 e. The van der Waals surface area contributed by atoms with Crippen LogP contribution in [0.4, 0.5) is 0 Å². The first-order valence-electron chi connectivity index (χ1n) is 25.5. The summed E-state index contributed by atoms with van der Waals surface area (Å²) in [5.41, 5.74) is 0.357. The third kappa shape index (κ3) is 7.94. The molecule has 5 nitrogen and oxygen atoms in total. The lowest BCUT2D eigenvalue weighted by atomic mass is 9.57. The number of likely N-dealkylation sites (tertiary alicyclic amines) is 2. The molecule has 0 aromatic heterocycles. The lowest BCUT2D eigenvalue weighted by Gasteiger charge is -2.59. The molecule has 0 spiro atoms. The molecule has 3 saturated heterocycles. The Morgan fingerprint density at radius 2 is 1.25 bits per heavy atom. The number of fused-ring (bicyclic) bond motifs is 3. The normalized spacial score (nSPS) is 48.3. The highest BCUT2D eigenvalue weighted by Gasteiger charge is 2.56. The van der Waals surface area contributed by atoms with Crippen LogP contribution in [0.15, 0.2) is 0 Å². The van der Waals surface area contributed by atoms with E-state index in [1.54, 1.807) is 6.42 Å². The molecule has 9 aliphatic rings. The molecule has 9 rings (SSSR count). The first kappa shape index (κ1) is 40.2. The summed E-state index contributed by atoms with van der Waals surface area (Å²) < 4.78 is 0. The van der Waals surface area contributed by atoms with Gasteiger partial charge in [-0.2, -0.15) is 0 Å². The summed E-state index contributed by atoms with van der Waals surface area (Å²) in [4.78, 5) is 6.41. The zero-order valence-corrected chi connectivity index (χ0v) is 36.9. The van der Waals surface area contributed by atoms with Crippen LogP contribution in [0.5, 0.6) is 0 Å². The minimum atomic E-state index is -0.00323. The minimum absolute atomic E-state index is 0.00323. The van der Waals surface area contributed by atoms with Crippen LogP contribution in [0.25, 0.3) is 0 Å². The van der Waals surface area contributed by atoms with Gasteiger partial charge in [0.25, 0.3) is 0 Å². The number of nitrogens with one attached hydrogen (secondary N) is 3. The molecule has 0 amide bonds. The van der Waals surface area contributed by atoms with E-state index in [4.69, 9.17) is 0 Å². The van der Waals surface area contributed by atoms with Crippen molar-refractivity contribution in [3.8, 4) is 0 Å². The molecular weight excluding hydrogens is 671 g/mol. The predicted octanol–water partition coefficient (Wildman–Crippen LogP) is 11.1. The highest BCUT2D eigenvalue weighted by Crippen LogP contribution is 2.56. The molecule has 5 heteroatoms. The van der Waals surface area contributed by atoms with Gasteiger partial charge < -0.3 is 0 Å². The van der Waals surface area contributed by atoms with Gasteiger partial charge in [0, 0.05) is 24.2 Å². The van der Waals surface area contributed by atoms with Crippen molar-refractivity contribution in [2.24, 2.45) is 58.7 Å². The maximum Gasteiger partial charge on any atom is 0.0711 e. The summed E-state index contributed by atoms with van der Waals surface area (Å²) in [5, 5.41) is 13.3. The molecule has 3 N–H and O–H groups in total. The summed E-state index contributed by atoms with van der Waals surface area (Å²) in [6.07, 6.45) is 40.2. The Morgan fingerprint density at radius 3 is 2.00 bits per heavy atom. The Labute approximate surface area is 340 Å². The van der Waals surface area contributed by atoms with Gasteiger partial charge in [-0.3, -0.25) is 25.8 Å². The van der Waals surface area contributed by atoms with Gasteiger partial charge in [-0.05, 0) is 163 Å². The van der Waals surface area contributed by atoms with E-state index in [1.807, 2.05) is 0 Å². The third-order valence-corrected chi connectivity index (χ3v) is 20.1. The SMILES string of the molecule is CCC1CCN(C2CC(C3(C)NC(C4CCCCC4)NC(C4(C)CCCCC4)N3)CCC2C)C2CC(C3CCCCC3)CC3C4CCCCC4N(C)C1CC32. The van der Waals surface area contributed by atoms with Crippen LogP contribution < -0.4 is 16.0 Å². The van der Waals surface area contributed by atoms with E-state index in [0.717, 1.165) is 71.5 Å². The fraction of sp³-hybridized carbons (Fsp3) is 1.00. The van der Waals surface area contributed by atoms with E-state index < -0.39 is 0 Å². The molecule has 9 fully saturated rings. The highest BCUT2D eigenvalue weighted by molar-refractivity contribution is 5.09. The molecule has 314 valence electrons. The molecule has 2 bridgehead atoms. The topological polar surface area (TPSA) is 42.6 Å². The number of hydrogen-bond donors (Lipinski definition) is 3. The Kier molecular flexibility index (Phi) is 12.5. The van der Waals surface area contributed by atoms with Gasteiger partial charge in [-0.25, -0.2) is 0 Å². The molecule has 6 aliphatic carbocycles. The second kappa shape index (κ2) is 17.0. The molecule has 0 aromatic carbocycles. The standard InChI is InChI=1S/C50H89N5/c1-6-35-26-29-55(46-31-38(36-18-10-7-11-19-36)30-41-40-22-14-15-23-43(40)54(5)45(35)33-42(41)46)44-32-39(25-24-34(44)2)50(4)52-47(37-20-12-8-13-21-37)51-48(53-50)49(3)27-16-9-17-28-49/h34-48,51-53H,6-33H2,1-5H3. The molecule has 3 heterocycles. The van der Waals surface area contributed by atoms with Crippen molar-refractivity contribution in [1.82, 2.24) is 25.8 Å². The van der Waals surface area contributed by atoms with Gasteiger partial charge in [0.2, 0.25) is 0 Å². The average molecular weight is 760 g/mol. The van der Waals surface area contributed by atoms with E-state index >= 15 is 0 Å². The van der Waals surface area contributed by atoms with Gasteiger partial charge in [0.05, 0.1) is 18.0 Å². The smallest absolute Gasteiger partial charge is 0.0711 e. The summed E-state index contributed by atoms with van der Waals surface area (Å²) in [7, 11) is 2.62. The fourth-order valence-electron chi connectivity index (χ4n) is 16.7. The predicted molar refractivity (Wildman–Crippen MR) is 231 cm³/mol. The molecule has 0 radical (unpaired) electrons. The summed E-state index contributed by atoms with van der Waals surface area (Å²) in [6, 6.07) is 3.22. The van der Waals surface area contributed by atoms with Crippen LogP contribution in [0, 0.1) is 58.7 Å². The summed E-state index contributed by atoms with van der Waals surface area (Å²) >= 11 is 0. The average Bonchev–Trinajstić information content (AvgIpc) is 3.34. The number of hydrogen-bond acceptors (Lipinski definition) is 5. The maximum absolute atomic E-state index is 4.48. The van der Waals surface area contributed by atoms with Crippen molar-refractivity contribution in [3.05, 3.63) is 0 Å². The van der Waals surface area contributed by atoms with E-state index in [2.05, 4.69) is 60.5 Å². The van der Waals surface area contributed by atoms with Gasteiger partial charge >= 0.3 is 0 Å². The Morgan fingerprint density at radius 1 is 0.564 bits per heavy atom. The van der Waals surface area contributed by atoms with Gasteiger partial charge in [-0.1, -0.05) is 111 Å². The van der Waals surface area contributed by atoms with E-state index in [0.29, 0.717) is 23.7 Å². The van der Waals surface area contributed by atoms with Gasteiger partial charge in [0.1, 0.15) is 0 Å². The zero-order chi connectivity index (χ0) is 37.7. The maximum atomic E-state index is 4.48. The van der Waals surface area contributed by atoms with Crippen molar-refractivity contribution >= 4 is 0 Å². The van der Waals surface area contributed by atoms with E-state index in [9.17, 15) is 0 Å². The quantitative estimate of drug-likeness (QED) is 0.252. The Hall–Kier alpha value is -0.200. The Balaban J connectivity index is 1.04. The Bertz CT molecular complexity index is 1240. The number of rotatable bonds is 6. The highest BCUT2D eigenvalue weighted by atomic mass is 15.4. The van der Waals surface area contributed by atoms with Crippen LogP contribution in [-0.4, -0.2) is 65.6 Å². The zero-order valence-electron chi connectivity index (χ0n) is 36.9. The van der Waals surface area contributed by atoms with E-state index in [1.165, 1.54) is 173 Å². The molecule has 55 heavy (non-hydrogen) atoms. The lowest BCUT2D eigenvalue weighted by molar-refractivity contribution is -0.0758. The van der Waals surface area contributed by atoms with Crippen molar-refractivity contribution in [2.75, 3.05) is 13.6 Å². The van der Waals surface area contributed by atoms with Crippen LogP contribution in [0.1, 0.15) is 201 Å². The summed E-state index contributed by atoms with van der Waals surface area (Å²) in [5.74, 6) is 7.96. The minimum Gasteiger partial charge on any atom is -0.300 e. The number of nitrogens with zero attached hydrogens (tertiary/aromatic N) is 2. The molecule has 3 aliphatic heterocycles. The molecule has 0 aromatic rings. The van der Waals surface area contributed by atoms with E-state index in [-0.39, 0.29) is 5.66 Å². The molecule has 14 atom stereocenters. The van der Waals surface area contributed by atoms with Crippen LogP contribution >= 0.6 is 0 Å². The van der Waals surface area contributed by atoms with Gasteiger partial charge in [-0.15, -0.1) is 0 Å². The fourth-order valence-corrected chi connectivity index (χ4v) is 16.7. The molecule has 14 unspecified atom stereocenters. The van der Waals surface area contributed by atoms with Gasteiger partial charge in [0.15, 0.2) is 0 Å². The monoisotopic (exact) mass is 760 g/mol.